The third-order valence-electron chi connectivity index (χ3n) is 3.83. The Labute approximate surface area is 126 Å². The minimum absolute atomic E-state index is 0.0116. The SMILES string of the molecule is CCN(CC)c1nc(NN)nc(NC(CC)(CC)CO)n1. The van der Waals surface area contributed by atoms with Crippen LogP contribution in [0.15, 0.2) is 0 Å². The van der Waals surface area contributed by atoms with Gasteiger partial charge in [-0.3, -0.25) is 5.43 Å². The van der Waals surface area contributed by atoms with E-state index in [2.05, 4.69) is 25.7 Å². The van der Waals surface area contributed by atoms with Gasteiger partial charge in [-0.1, -0.05) is 13.8 Å². The normalized spacial score (nSPS) is 11.3. The molecule has 0 atom stereocenters. The van der Waals surface area contributed by atoms with Crippen LogP contribution in [0.4, 0.5) is 17.8 Å². The van der Waals surface area contributed by atoms with Crippen LogP contribution in [0.5, 0.6) is 0 Å². The summed E-state index contributed by atoms with van der Waals surface area (Å²) in [5.41, 5.74) is 2.02. The zero-order valence-electron chi connectivity index (χ0n) is 13.3. The zero-order valence-corrected chi connectivity index (χ0v) is 13.3. The second-order valence-corrected chi connectivity index (χ2v) is 4.87. The van der Waals surface area contributed by atoms with Crippen molar-refractivity contribution in [1.29, 1.82) is 0 Å². The average molecular weight is 297 g/mol. The van der Waals surface area contributed by atoms with Crippen molar-refractivity contribution >= 4 is 17.8 Å². The highest BCUT2D eigenvalue weighted by molar-refractivity contribution is 5.44. The first-order valence-corrected chi connectivity index (χ1v) is 7.44. The van der Waals surface area contributed by atoms with E-state index in [0.717, 1.165) is 25.9 Å². The van der Waals surface area contributed by atoms with Crippen molar-refractivity contribution in [2.45, 2.75) is 46.1 Å². The van der Waals surface area contributed by atoms with Crippen molar-refractivity contribution in [2.24, 2.45) is 5.84 Å². The fraction of sp³-hybridized carbons (Fsp3) is 0.769. The lowest BCUT2D eigenvalue weighted by Crippen LogP contribution is -2.41. The number of nitrogen functional groups attached to an aromatic ring is 1. The molecule has 0 aliphatic heterocycles. The fourth-order valence-electron chi connectivity index (χ4n) is 2.06. The molecule has 1 heterocycles. The number of rotatable bonds is 9. The number of aliphatic hydroxyl groups is 1. The van der Waals surface area contributed by atoms with Crippen LogP contribution < -0.4 is 21.5 Å². The van der Waals surface area contributed by atoms with E-state index in [1.165, 1.54) is 0 Å². The van der Waals surface area contributed by atoms with Crippen molar-refractivity contribution < 1.29 is 5.11 Å². The number of nitrogens with one attached hydrogen (secondary N) is 2. The van der Waals surface area contributed by atoms with Gasteiger partial charge in [-0.05, 0) is 26.7 Å². The van der Waals surface area contributed by atoms with Gasteiger partial charge in [0.1, 0.15) is 0 Å². The Balaban J connectivity index is 3.14. The maximum absolute atomic E-state index is 9.65. The summed E-state index contributed by atoms with van der Waals surface area (Å²) in [4.78, 5) is 14.9. The van der Waals surface area contributed by atoms with Gasteiger partial charge in [0.2, 0.25) is 17.8 Å². The number of hydrogen-bond donors (Lipinski definition) is 4. The number of hydrogen-bond acceptors (Lipinski definition) is 8. The van der Waals surface area contributed by atoms with Gasteiger partial charge >= 0.3 is 0 Å². The molecule has 8 nitrogen and oxygen atoms in total. The molecule has 120 valence electrons. The molecule has 0 saturated carbocycles. The molecular weight excluding hydrogens is 270 g/mol. The monoisotopic (exact) mass is 297 g/mol. The van der Waals surface area contributed by atoms with Crippen LogP contribution >= 0.6 is 0 Å². The summed E-state index contributed by atoms with van der Waals surface area (Å²) < 4.78 is 0. The first kappa shape index (κ1) is 17.4. The fourth-order valence-corrected chi connectivity index (χ4v) is 2.06. The van der Waals surface area contributed by atoms with Crippen molar-refractivity contribution in [1.82, 2.24) is 15.0 Å². The molecule has 1 aromatic heterocycles. The Morgan fingerprint density at radius 3 is 2.05 bits per heavy atom. The molecule has 0 amide bonds. The van der Waals surface area contributed by atoms with Gasteiger partial charge in [0, 0.05) is 13.1 Å². The maximum atomic E-state index is 9.65. The Morgan fingerprint density at radius 2 is 1.62 bits per heavy atom. The molecule has 0 unspecified atom stereocenters. The topological polar surface area (TPSA) is 112 Å². The van der Waals surface area contributed by atoms with E-state index in [-0.39, 0.29) is 6.61 Å². The predicted octanol–water partition coefficient (Wildman–Crippen LogP) is 0.966. The molecule has 21 heavy (non-hydrogen) atoms. The van der Waals surface area contributed by atoms with Gasteiger partial charge in [-0.2, -0.15) is 15.0 Å². The standard InChI is InChI=1S/C13H27N7O/c1-5-13(6-2,9-21)18-10-15-11(19-14)17-12(16-10)20(7-3)8-4/h21H,5-9,14H2,1-4H3,(H2,15,16,17,18,19). The van der Waals surface area contributed by atoms with Crippen molar-refractivity contribution in [2.75, 3.05) is 35.3 Å². The maximum Gasteiger partial charge on any atom is 0.243 e. The zero-order chi connectivity index (χ0) is 15.9. The summed E-state index contributed by atoms with van der Waals surface area (Å²) in [6.45, 7) is 9.69. The molecule has 1 rings (SSSR count). The van der Waals surface area contributed by atoms with Gasteiger partial charge in [0.25, 0.3) is 0 Å². The minimum Gasteiger partial charge on any atom is -0.394 e. The van der Waals surface area contributed by atoms with Gasteiger partial charge < -0.3 is 15.3 Å². The quantitative estimate of drug-likeness (QED) is 0.394. The average Bonchev–Trinajstić information content (AvgIpc) is 2.53. The molecule has 0 spiro atoms. The molecular formula is C13H27N7O. The van der Waals surface area contributed by atoms with Gasteiger partial charge in [0.05, 0.1) is 12.1 Å². The number of nitrogens with two attached hydrogens (primary N) is 1. The molecule has 0 bridgehead atoms. The Morgan fingerprint density at radius 1 is 1.05 bits per heavy atom. The third kappa shape index (κ3) is 4.15. The predicted molar refractivity (Wildman–Crippen MR) is 85.2 cm³/mol. The summed E-state index contributed by atoms with van der Waals surface area (Å²) in [6.07, 6.45) is 1.52. The smallest absolute Gasteiger partial charge is 0.243 e. The van der Waals surface area contributed by atoms with Crippen molar-refractivity contribution in [3.63, 3.8) is 0 Å². The lowest BCUT2D eigenvalue weighted by atomic mass is 9.94. The number of anilines is 3. The van der Waals surface area contributed by atoms with Crippen LogP contribution in [-0.4, -0.2) is 45.3 Å². The molecule has 0 saturated heterocycles. The highest BCUT2D eigenvalue weighted by Gasteiger charge is 2.26. The molecule has 5 N–H and O–H groups in total. The first-order valence-electron chi connectivity index (χ1n) is 7.44. The molecule has 0 aliphatic carbocycles. The second-order valence-electron chi connectivity index (χ2n) is 4.87. The van der Waals surface area contributed by atoms with Crippen LogP contribution in [0.1, 0.15) is 40.5 Å². The van der Waals surface area contributed by atoms with E-state index in [1.54, 1.807) is 0 Å². The molecule has 0 fully saturated rings. The molecule has 0 aromatic carbocycles. The van der Waals surface area contributed by atoms with Crippen LogP contribution in [0.2, 0.25) is 0 Å². The van der Waals surface area contributed by atoms with Crippen LogP contribution in [-0.2, 0) is 0 Å². The van der Waals surface area contributed by atoms with Gasteiger partial charge in [-0.15, -0.1) is 0 Å². The lowest BCUT2D eigenvalue weighted by molar-refractivity contribution is 0.201. The van der Waals surface area contributed by atoms with Crippen LogP contribution in [0.25, 0.3) is 0 Å². The van der Waals surface area contributed by atoms with Crippen LogP contribution in [0, 0.1) is 0 Å². The number of hydrazine groups is 1. The number of aliphatic hydroxyl groups excluding tert-OH is 1. The molecule has 8 heteroatoms. The second kappa shape index (κ2) is 7.94. The number of aromatic nitrogens is 3. The summed E-state index contributed by atoms with van der Waals surface area (Å²) >= 11 is 0. The van der Waals surface area contributed by atoms with E-state index in [4.69, 9.17) is 5.84 Å². The van der Waals surface area contributed by atoms with E-state index >= 15 is 0 Å². The summed E-state index contributed by atoms with van der Waals surface area (Å²) in [5, 5.41) is 12.9. The van der Waals surface area contributed by atoms with Crippen molar-refractivity contribution in [3.05, 3.63) is 0 Å². The lowest BCUT2D eigenvalue weighted by Gasteiger charge is -2.31. The molecule has 0 aliphatic rings. The van der Waals surface area contributed by atoms with Crippen LogP contribution in [0.3, 0.4) is 0 Å². The number of nitrogens with zero attached hydrogens (tertiary/aromatic N) is 4. The third-order valence-corrected chi connectivity index (χ3v) is 3.83. The van der Waals surface area contributed by atoms with E-state index in [1.807, 2.05) is 32.6 Å². The Hall–Kier alpha value is -1.67. The van der Waals surface area contributed by atoms with Crippen molar-refractivity contribution in [3.8, 4) is 0 Å². The summed E-state index contributed by atoms with van der Waals surface area (Å²) in [6, 6.07) is 0. The first-order chi connectivity index (χ1) is 10.1. The van der Waals surface area contributed by atoms with E-state index in [9.17, 15) is 5.11 Å². The summed E-state index contributed by atoms with van der Waals surface area (Å²) in [5.74, 6) is 6.71. The Kier molecular flexibility index (Phi) is 6.57. The largest absolute Gasteiger partial charge is 0.394 e. The Bertz CT molecular complexity index is 424. The van der Waals surface area contributed by atoms with E-state index in [0.29, 0.717) is 17.8 Å². The van der Waals surface area contributed by atoms with E-state index < -0.39 is 5.54 Å². The highest BCUT2D eigenvalue weighted by Crippen LogP contribution is 2.21. The summed E-state index contributed by atoms with van der Waals surface area (Å²) in [7, 11) is 0. The molecule has 1 aromatic rings. The molecule has 0 radical (unpaired) electrons. The highest BCUT2D eigenvalue weighted by atomic mass is 16.3. The minimum atomic E-state index is -0.437. The van der Waals surface area contributed by atoms with Gasteiger partial charge in [-0.25, -0.2) is 5.84 Å². The van der Waals surface area contributed by atoms with Gasteiger partial charge in [0.15, 0.2) is 0 Å².